The van der Waals surface area contributed by atoms with Crippen molar-refractivity contribution in [3.63, 3.8) is 0 Å². The van der Waals surface area contributed by atoms with Crippen LogP contribution in [0.25, 0.3) is 0 Å². The lowest BCUT2D eigenvalue weighted by Crippen LogP contribution is -2.51. The van der Waals surface area contributed by atoms with Gasteiger partial charge in [-0.3, -0.25) is 4.79 Å². The van der Waals surface area contributed by atoms with Gasteiger partial charge >= 0.3 is 0 Å². The highest BCUT2D eigenvalue weighted by Gasteiger charge is 2.53. The van der Waals surface area contributed by atoms with E-state index in [1.54, 1.807) is 0 Å². The lowest BCUT2D eigenvalue weighted by molar-refractivity contribution is -0.899. The summed E-state index contributed by atoms with van der Waals surface area (Å²) in [5.41, 5.74) is 7.42. The number of rotatable bonds is 9. The van der Waals surface area contributed by atoms with Crippen molar-refractivity contribution in [3.05, 3.63) is 101 Å². The zero-order chi connectivity index (χ0) is 23.3. The lowest BCUT2D eigenvalue weighted by atomic mass is 9.64. The molecule has 1 heterocycles. The van der Waals surface area contributed by atoms with Crippen molar-refractivity contribution >= 4 is 29.3 Å². The predicted molar refractivity (Wildman–Crippen MR) is 139 cm³/mol. The maximum absolute atomic E-state index is 13.3. The Hall–Kier alpha value is -2.27. The van der Waals surface area contributed by atoms with Crippen LogP contribution in [0, 0.1) is 5.92 Å². The molecule has 1 aliphatic heterocycles. The van der Waals surface area contributed by atoms with Gasteiger partial charge in [-0.15, -0.1) is 11.8 Å². The molecule has 2 atom stereocenters. The average molecular weight is 480 g/mol. The number of hydrogen-bond donors (Lipinski definition) is 1. The monoisotopic (exact) mass is 479 g/mol. The second-order valence-corrected chi connectivity index (χ2v) is 10.8. The van der Waals surface area contributed by atoms with Gasteiger partial charge < -0.3 is 10.2 Å². The van der Waals surface area contributed by atoms with Crippen molar-refractivity contribution in [3.8, 4) is 0 Å². The molecule has 0 saturated carbocycles. The summed E-state index contributed by atoms with van der Waals surface area (Å²) in [6.07, 6.45) is 2.07. The van der Waals surface area contributed by atoms with E-state index in [1.165, 1.54) is 0 Å². The van der Waals surface area contributed by atoms with Crippen LogP contribution < -0.4 is 5.73 Å². The van der Waals surface area contributed by atoms with Crippen LogP contribution in [0.2, 0.25) is 5.02 Å². The third-order valence-corrected chi connectivity index (χ3v) is 8.68. The molecule has 1 aliphatic rings. The molecular formula is C28H32ClN2OS+. The molecule has 1 fully saturated rings. The maximum Gasteiger partial charge on any atom is 0.233 e. The van der Waals surface area contributed by atoms with Gasteiger partial charge in [-0.1, -0.05) is 84.4 Å². The van der Waals surface area contributed by atoms with E-state index < -0.39 is 5.41 Å². The molecular weight excluding hydrogens is 448 g/mol. The van der Waals surface area contributed by atoms with E-state index in [9.17, 15) is 4.79 Å². The molecule has 5 heteroatoms. The maximum atomic E-state index is 13.3. The summed E-state index contributed by atoms with van der Waals surface area (Å²) >= 11 is 8.12. The van der Waals surface area contributed by atoms with E-state index in [2.05, 4.69) is 37.4 Å². The van der Waals surface area contributed by atoms with Crippen molar-refractivity contribution in [1.82, 2.24) is 0 Å². The van der Waals surface area contributed by atoms with Gasteiger partial charge in [-0.05, 0) is 23.3 Å². The van der Waals surface area contributed by atoms with Crippen LogP contribution >= 0.6 is 23.4 Å². The summed E-state index contributed by atoms with van der Waals surface area (Å²) < 4.78 is 0.961. The van der Waals surface area contributed by atoms with Crippen LogP contribution in [-0.4, -0.2) is 42.8 Å². The molecule has 1 saturated heterocycles. The largest absolute Gasteiger partial charge is 0.369 e. The molecule has 3 nitrogen and oxygen atoms in total. The van der Waals surface area contributed by atoms with Gasteiger partial charge in [0, 0.05) is 29.4 Å². The van der Waals surface area contributed by atoms with Gasteiger partial charge in [-0.2, -0.15) is 0 Å². The van der Waals surface area contributed by atoms with Crippen molar-refractivity contribution in [2.45, 2.75) is 23.2 Å². The summed E-state index contributed by atoms with van der Waals surface area (Å²) in [6.45, 7) is 3.06. The number of hydrogen-bond acceptors (Lipinski definition) is 2. The van der Waals surface area contributed by atoms with Gasteiger partial charge in [0.25, 0.3) is 0 Å². The van der Waals surface area contributed by atoms with Gasteiger partial charge in [0.1, 0.15) is 5.41 Å². The number of quaternary nitrogens is 1. The van der Waals surface area contributed by atoms with Crippen LogP contribution in [0.1, 0.15) is 24.0 Å². The number of primary amides is 1. The Morgan fingerprint density at radius 3 is 2.15 bits per heavy atom. The molecule has 172 valence electrons. The van der Waals surface area contributed by atoms with E-state index in [0.29, 0.717) is 0 Å². The molecule has 0 aliphatic carbocycles. The van der Waals surface area contributed by atoms with Crippen molar-refractivity contribution in [2.75, 3.05) is 32.4 Å². The number of thioether (sulfide) groups is 1. The fourth-order valence-electron chi connectivity index (χ4n) is 5.45. The summed E-state index contributed by atoms with van der Waals surface area (Å²) in [5, 5.41) is 0.820. The van der Waals surface area contributed by atoms with Crippen LogP contribution in [0.4, 0.5) is 0 Å². The molecule has 3 aromatic rings. The minimum atomic E-state index is -0.815. The Balaban J connectivity index is 1.53. The number of likely N-dealkylation sites (tertiary alicyclic amines) is 1. The summed E-state index contributed by atoms with van der Waals surface area (Å²) in [5.74, 6) is 0.925. The molecule has 0 spiro atoms. The molecule has 33 heavy (non-hydrogen) atoms. The summed E-state index contributed by atoms with van der Waals surface area (Å²) in [4.78, 5) is 14.4. The standard InChI is InChI=1S/C28H31ClN2OS/c1-31(18-10-20-33-26-16-9-8-15-25(26)29)19-17-24(21-31)28(27(30)32,22-11-4-2-5-12-22)23-13-6-3-7-14-23/h2-9,11-16,24H,10,17-21H2,1H3,(H-,30,32)/p+1/t24?,31-/m1/s1. The predicted octanol–water partition coefficient (Wildman–Crippen LogP) is 5.76. The zero-order valence-corrected chi connectivity index (χ0v) is 20.7. The number of benzene rings is 3. The molecule has 0 bridgehead atoms. The molecule has 0 aromatic heterocycles. The molecule has 1 unspecified atom stereocenters. The van der Waals surface area contributed by atoms with Crippen molar-refractivity contribution in [2.24, 2.45) is 11.7 Å². The number of nitrogens with two attached hydrogens (primary N) is 1. The quantitative estimate of drug-likeness (QED) is 0.241. The van der Waals surface area contributed by atoms with Crippen molar-refractivity contribution < 1.29 is 9.28 Å². The Morgan fingerprint density at radius 1 is 1.00 bits per heavy atom. The van der Waals surface area contributed by atoms with E-state index in [1.807, 2.05) is 66.4 Å². The smallest absolute Gasteiger partial charge is 0.233 e. The zero-order valence-electron chi connectivity index (χ0n) is 19.1. The van der Waals surface area contributed by atoms with Gasteiger partial charge in [0.05, 0.1) is 31.7 Å². The van der Waals surface area contributed by atoms with Crippen LogP contribution in [0.5, 0.6) is 0 Å². The minimum absolute atomic E-state index is 0.154. The third-order valence-electron chi connectivity index (χ3n) is 7.07. The number of halogens is 1. The lowest BCUT2D eigenvalue weighted by Gasteiger charge is -2.38. The second-order valence-electron chi connectivity index (χ2n) is 9.27. The van der Waals surface area contributed by atoms with E-state index in [4.69, 9.17) is 17.3 Å². The Morgan fingerprint density at radius 2 is 1.58 bits per heavy atom. The Labute approximate surface area is 206 Å². The van der Waals surface area contributed by atoms with Crippen molar-refractivity contribution in [1.29, 1.82) is 0 Å². The van der Waals surface area contributed by atoms with E-state index in [0.717, 1.165) is 63.8 Å². The summed E-state index contributed by atoms with van der Waals surface area (Å²) in [7, 11) is 2.32. The molecule has 3 aromatic carbocycles. The first-order valence-corrected chi connectivity index (χ1v) is 12.9. The SMILES string of the molecule is C[N@@+]1(CCCSc2ccccc2Cl)CCC(C(C(N)=O)(c2ccccc2)c2ccccc2)C1. The number of amides is 1. The van der Waals surface area contributed by atoms with E-state index in [-0.39, 0.29) is 11.8 Å². The highest BCUT2D eigenvalue weighted by molar-refractivity contribution is 7.99. The highest BCUT2D eigenvalue weighted by Crippen LogP contribution is 2.45. The molecule has 4 rings (SSSR count). The first-order valence-electron chi connectivity index (χ1n) is 11.6. The molecule has 2 N–H and O–H groups in total. The molecule has 1 amide bonds. The Bertz CT molecular complexity index is 1040. The van der Waals surface area contributed by atoms with E-state index >= 15 is 0 Å². The first-order chi connectivity index (χ1) is 16.0. The second kappa shape index (κ2) is 10.3. The number of carbonyl (C=O) groups excluding carboxylic acids is 1. The minimum Gasteiger partial charge on any atom is -0.369 e. The number of nitrogens with zero attached hydrogens (tertiary/aromatic N) is 1. The van der Waals surface area contributed by atoms with Gasteiger partial charge in [-0.25, -0.2) is 0 Å². The van der Waals surface area contributed by atoms with Crippen LogP contribution in [-0.2, 0) is 10.2 Å². The fraction of sp³-hybridized carbons (Fsp3) is 0.321. The van der Waals surface area contributed by atoms with Crippen LogP contribution in [0.3, 0.4) is 0 Å². The van der Waals surface area contributed by atoms with Gasteiger partial charge in [0.15, 0.2) is 0 Å². The average Bonchev–Trinajstić information content (AvgIpc) is 3.22. The normalized spacial score (nSPS) is 20.6. The highest BCUT2D eigenvalue weighted by atomic mass is 35.5. The first kappa shape index (κ1) is 23.9. The number of carbonyl (C=O) groups is 1. The Kier molecular flexibility index (Phi) is 7.48. The topological polar surface area (TPSA) is 43.1 Å². The van der Waals surface area contributed by atoms with Gasteiger partial charge in [0.2, 0.25) is 5.91 Å². The third kappa shape index (κ3) is 4.98. The van der Waals surface area contributed by atoms with Crippen LogP contribution in [0.15, 0.2) is 89.8 Å². The summed E-state index contributed by atoms with van der Waals surface area (Å²) in [6, 6.07) is 28.2. The molecule has 0 radical (unpaired) electrons. The fourth-order valence-corrected chi connectivity index (χ4v) is 6.63.